The molecule has 0 aliphatic carbocycles. The van der Waals surface area contributed by atoms with Crippen LogP contribution in [-0.2, 0) is 13.0 Å². The second-order valence-corrected chi connectivity index (χ2v) is 6.19. The van der Waals surface area contributed by atoms with E-state index in [0.29, 0.717) is 18.7 Å². The average molecular weight is 366 g/mol. The number of para-hydroxylation sites is 2. The number of hydrogen-bond acceptors (Lipinski definition) is 3. The van der Waals surface area contributed by atoms with Crippen molar-refractivity contribution >= 4 is 11.0 Å². The van der Waals surface area contributed by atoms with E-state index in [0.717, 1.165) is 36.2 Å². The highest BCUT2D eigenvalue weighted by Crippen LogP contribution is 2.12. The van der Waals surface area contributed by atoms with Crippen LogP contribution < -0.4 is 5.56 Å². The van der Waals surface area contributed by atoms with E-state index < -0.39 is 0 Å². The molecule has 0 aliphatic heterocycles. The van der Waals surface area contributed by atoms with Crippen molar-refractivity contribution in [3.8, 4) is 0 Å². The number of benzene rings is 2. The van der Waals surface area contributed by atoms with Crippen LogP contribution in [-0.4, -0.2) is 34.1 Å². The summed E-state index contributed by atoms with van der Waals surface area (Å²) in [5, 5.41) is 0. The van der Waals surface area contributed by atoms with Gasteiger partial charge < -0.3 is 9.47 Å². The van der Waals surface area contributed by atoms with Crippen molar-refractivity contribution in [2.45, 2.75) is 40.7 Å². The van der Waals surface area contributed by atoms with Crippen molar-refractivity contribution in [3.05, 3.63) is 76.2 Å². The second kappa shape index (κ2) is 10.6. The van der Waals surface area contributed by atoms with Crippen molar-refractivity contribution in [3.63, 3.8) is 0 Å². The van der Waals surface area contributed by atoms with Gasteiger partial charge in [0.1, 0.15) is 5.69 Å². The predicted molar refractivity (Wildman–Crippen MR) is 114 cm³/mol. The third-order valence-electron chi connectivity index (χ3n) is 4.67. The first-order valence-electron chi connectivity index (χ1n) is 9.97. The molecule has 0 aliphatic rings. The summed E-state index contributed by atoms with van der Waals surface area (Å²) < 4.78 is 1.89. The van der Waals surface area contributed by atoms with E-state index in [1.807, 2.05) is 73.0 Å². The smallest absolute Gasteiger partial charge is 0.273 e. The van der Waals surface area contributed by atoms with Gasteiger partial charge >= 0.3 is 0 Å². The molecule has 2 aromatic carbocycles. The lowest BCUT2D eigenvalue weighted by atomic mass is 10.1. The van der Waals surface area contributed by atoms with Gasteiger partial charge in [0.25, 0.3) is 5.56 Å². The summed E-state index contributed by atoms with van der Waals surface area (Å²) in [6.45, 7) is 11.8. The van der Waals surface area contributed by atoms with Gasteiger partial charge in [-0.3, -0.25) is 4.79 Å². The lowest BCUT2D eigenvalue weighted by Crippen LogP contribution is -2.33. The van der Waals surface area contributed by atoms with Crippen LogP contribution in [0.2, 0.25) is 0 Å². The molecular formula is C23H31N3O. The molecule has 0 saturated carbocycles. The van der Waals surface area contributed by atoms with Gasteiger partial charge in [-0.25, -0.2) is 4.98 Å². The molecule has 0 saturated heterocycles. The number of nitrogens with zero attached hydrogens (tertiary/aromatic N) is 3. The maximum Gasteiger partial charge on any atom is 0.273 e. The molecule has 3 rings (SSSR count). The van der Waals surface area contributed by atoms with Gasteiger partial charge in [0.2, 0.25) is 0 Å². The number of hydrogen-bond donors (Lipinski definition) is 0. The molecule has 0 radical (unpaired) electrons. The molecule has 0 atom stereocenters. The fourth-order valence-electron chi connectivity index (χ4n) is 3.15. The quantitative estimate of drug-likeness (QED) is 0.624. The molecule has 0 amide bonds. The standard InChI is InChI=1S/C21H25N3O.C2H6/c1-3-23(4-2)14-15-24-20-13-9-8-12-18(20)22-19(21(24)25)16-17-10-6-5-7-11-17;1-2/h5-13H,3-4,14-16H2,1-2H3;1-2H3. The summed E-state index contributed by atoms with van der Waals surface area (Å²) in [6, 6.07) is 18.0. The highest BCUT2D eigenvalue weighted by Gasteiger charge is 2.12. The Balaban J connectivity index is 0.00000126. The van der Waals surface area contributed by atoms with E-state index in [-0.39, 0.29) is 5.56 Å². The lowest BCUT2D eigenvalue weighted by molar-refractivity contribution is 0.290. The minimum absolute atomic E-state index is 0.0229. The van der Waals surface area contributed by atoms with Crippen LogP contribution in [0.5, 0.6) is 0 Å². The summed E-state index contributed by atoms with van der Waals surface area (Å²) in [6.07, 6.45) is 0.565. The van der Waals surface area contributed by atoms with E-state index in [9.17, 15) is 4.79 Å². The van der Waals surface area contributed by atoms with E-state index >= 15 is 0 Å². The number of fused-ring (bicyclic) bond motifs is 1. The van der Waals surface area contributed by atoms with E-state index in [1.54, 1.807) is 0 Å². The maximum atomic E-state index is 13.1. The first-order valence-corrected chi connectivity index (χ1v) is 9.97. The van der Waals surface area contributed by atoms with Gasteiger partial charge in [-0.1, -0.05) is 70.2 Å². The van der Waals surface area contributed by atoms with E-state index in [4.69, 9.17) is 0 Å². The molecule has 0 unspecified atom stereocenters. The van der Waals surface area contributed by atoms with Crippen LogP contribution in [0.4, 0.5) is 0 Å². The Morgan fingerprint density at radius 2 is 1.56 bits per heavy atom. The summed E-state index contributed by atoms with van der Waals surface area (Å²) in [4.78, 5) is 20.0. The van der Waals surface area contributed by atoms with Gasteiger partial charge in [-0.05, 0) is 30.8 Å². The van der Waals surface area contributed by atoms with Crippen molar-refractivity contribution in [1.29, 1.82) is 0 Å². The molecule has 4 nitrogen and oxygen atoms in total. The Kier molecular flexibility index (Phi) is 8.21. The summed E-state index contributed by atoms with van der Waals surface area (Å²) >= 11 is 0. The van der Waals surface area contributed by atoms with Gasteiger partial charge in [0.05, 0.1) is 11.0 Å². The van der Waals surface area contributed by atoms with Crippen LogP contribution >= 0.6 is 0 Å². The fourth-order valence-corrected chi connectivity index (χ4v) is 3.15. The molecule has 1 heterocycles. The first kappa shape index (κ1) is 20.8. The summed E-state index contributed by atoms with van der Waals surface area (Å²) in [7, 11) is 0. The molecule has 4 heteroatoms. The predicted octanol–water partition coefficient (Wildman–Crippen LogP) is 4.36. The van der Waals surface area contributed by atoms with E-state index in [2.05, 4.69) is 23.7 Å². The fraction of sp³-hybridized carbons (Fsp3) is 0.391. The topological polar surface area (TPSA) is 38.1 Å². The Labute approximate surface area is 162 Å². The number of aromatic nitrogens is 2. The van der Waals surface area contributed by atoms with Crippen molar-refractivity contribution in [2.75, 3.05) is 19.6 Å². The molecule has 144 valence electrons. The zero-order chi connectivity index (χ0) is 19.6. The van der Waals surface area contributed by atoms with E-state index in [1.165, 1.54) is 0 Å². The molecule has 3 aromatic rings. The van der Waals surface area contributed by atoms with Crippen molar-refractivity contribution in [1.82, 2.24) is 14.5 Å². The molecule has 27 heavy (non-hydrogen) atoms. The van der Waals surface area contributed by atoms with Crippen LogP contribution in [0.1, 0.15) is 39.0 Å². The molecular weight excluding hydrogens is 334 g/mol. The molecule has 0 spiro atoms. The van der Waals surface area contributed by atoms with Gasteiger partial charge in [-0.2, -0.15) is 0 Å². The minimum Gasteiger partial charge on any atom is -0.304 e. The minimum atomic E-state index is 0.0229. The monoisotopic (exact) mass is 365 g/mol. The first-order chi connectivity index (χ1) is 13.2. The Morgan fingerprint density at radius 3 is 2.22 bits per heavy atom. The number of rotatable bonds is 7. The highest BCUT2D eigenvalue weighted by molar-refractivity contribution is 5.74. The zero-order valence-electron chi connectivity index (χ0n) is 17.0. The molecule has 1 aromatic heterocycles. The van der Waals surface area contributed by atoms with Crippen LogP contribution in [0.3, 0.4) is 0 Å². The van der Waals surface area contributed by atoms with Crippen LogP contribution in [0.25, 0.3) is 11.0 Å². The number of likely N-dealkylation sites (N-methyl/N-ethyl adjacent to an activating group) is 1. The molecule has 0 bridgehead atoms. The van der Waals surface area contributed by atoms with Crippen LogP contribution in [0, 0.1) is 0 Å². The summed E-state index contributed by atoms with van der Waals surface area (Å²) in [5.41, 5.74) is 3.54. The third-order valence-corrected chi connectivity index (χ3v) is 4.67. The lowest BCUT2D eigenvalue weighted by Gasteiger charge is -2.20. The largest absolute Gasteiger partial charge is 0.304 e. The Bertz CT molecular complexity index is 883. The van der Waals surface area contributed by atoms with Crippen LogP contribution in [0.15, 0.2) is 59.4 Å². The Morgan fingerprint density at radius 1 is 0.926 bits per heavy atom. The Hall–Kier alpha value is -2.46. The second-order valence-electron chi connectivity index (χ2n) is 6.19. The van der Waals surface area contributed by atoms with Gasteiger partial charge in [0.15, 0.2) is 0 Å². The third kappa shape index (κ3) is 5.27. The van der Waals surface area contributed by atoms with Crippen molar-refractivity contribution in [2.24, 2.45) is 0 Å². The zero-order valence-corrected chi connectivity index (χ0v) is 17.0. The van der Waals surface area contributed by atoms with Gasteiger partial charge in [-0.15, -0.1) is 0 Å². The normalized spacial score (nSPS) is 10.7. The average Bonchev–Trinajstić information content (AvgIpc) is 2.73. The molecule has 0 fully saturated rings. The van der Waals surface area contributed by atoms with Crippen molar-refractivity contribution < 1.29 is 0 Å². The SMILES string of the molecule is CC.CCN(CC)CCn1c(=O)c(Cc2ccccc2)nc2ccccc21. The maximum absolute atomic E-state index is 13.1. The highest BCUT2D eigenvalue weighted by atomic mass is 16.1. The van der Waals surface area contributed by atoms with Gasteiger partial charge in [0, 0.05) is 19.5 Å². The summed E-state index contributed by atoms with van der Waals surface area (Å²) in [5.74, 6) is 0. The molecule has 0 N–H and O–H groups in total.